The first-order valence-corrected chi connectivity index (χ1v) is 5.07. The summed E-state index contributed by atoms with van der Waals surface area (Å²) in [5.74, 6) is 0. The first-order chi connectivity index (χ1) is 7.29. The monoisotopic (exact) mass is 218 g/mol. The highest BCUT2D eigenvalue weighted by atomic mass is 35.5. The van der Waals surface area contributed by atoms with Gasteiger partial charge in [-0.05, 0) is 23.3 Å². The molecule has 15 heavy (non-hydrogen) atoms. The Bertz CT molecular complexity index is 442. The van der Waals surface area contributed by atoms with E-state index in [1.165, 1.54) is 0 Å². The van der Waals surface area contributed by atoms with Crippen LogP contribution in [0.4, 0.5) is 0 Å². The lowest BCUT2D eigenvalue weighted by Crippen LogP contribution is -2.12. The number of hydrogen-bond acceptors (Lipinski definition) is 2. The Labute approximate surface area is 93.7 Å². The van der Waals surface area contributed by atoms with Crippen molar-refractivity contribution in [3.63, 3.8) is 0 Å². The van der Waals surface area contributed by atoms with E-state index in [0.29, 0.717) is 5.02 Å². The zero-order valence-corrected chi connectivity index (χ0v) is 8.85. The highest BCUT2D eigenvalue weighted by molar-refractivity contribution is 6.31. The summed E-state index contributed by atoms with van der Waals surface area (Å²) in [6.45, 7) is 0. The molecule has 1 heterocycles. The van der Waals surface area contributed by atoms with Gasteiger partial charge in [-0.2, -0.15) is 0 Å². The molecule has 0 saturated heterocycles. The highest BCUT2D eigenvalue weighted by Crippen LogP contribution is 2.25. The molecule has 0 spiro atoms. The van der Waals surface area contributed by atoms with Crippen molar-refractivity contribution in [2.45, 2.75) is 6.04 Å². The fourth-order valence-corrected chi connectivity index (χ4v) is 1.72. The van der Waals surface area contributed by atoms with Gasteiger partial charge >= 0.3 is 0 Å². The molecule has 0 fully saturated rings. The Morgan fingerprint density at radius 2 is 1.93 bits per heavy atom. The topological polar surface area (TPSA) is 38.9 Å². The summed E-state index contributed by atoms with van der Waals surface area (Å²) in [6.07, 6.45) is 3.48. The molecule has 2 aromatic rings. The molecule has 2 nitrogen and oxygen atoms in total. The van der Waals surface area contributed by atoms with Crippen LogP contribution < -0.4 is 5.73 Å². The van der Waals surface area contributed by atoms with Crippen LogP contribution in [0.1, 0.15) is 17.2 Å². The van der Waals surface area contributed by atoms with Crippen molar-refractivity contribution in [1.82, 2.24) is 4.98 Å². The molecule has 0 aliphatic rings. The maximum atomic E-state index is 6.09. The van der Waals surface area contributed by atoms with Crippen molar-refractivity contribution in [3.8, 4) is 0 Å². The van der Waals surface area contributed by atoms with Crippen molar-refractivity contribution >= 4 is 11.6 Å². The van der Waals surface area contributed by atoms with E-state index in [2.05, 4.69) is 4.98 Å². The van der Waals surface area contributed by atoms with E-state index in [1.54, 1.807) is 12.4 Å². The van der Waals surface area contributed by atoms with Crippen molar-refractivity contribution < 1.29 is 0 Å². The van der Waals surface area contributed by atoms with Crippen LogP contribution in [0.2, 0.25) is 5.02 Å². The van der Waals surface area contributed by atoms with E-state index in [1.807, 2.05) is 36.4 Å². The molecule has 0 amide bonds. The molecule has 0 bridgehead atoms. The number of nitrogens with zero attached hydrogens (tertiary/aromatic N) is 1. The molecule has 0 aliphatic carbocycles. The smallest absolute Gasteiger partial charge is 0.0581 e. The number of hydrogen-bond donors (Lipinski definition) is 1. The molecule has 0 radical (unpaired) electrons. The number of aromatic nitrogens is 1. The molecular formula is C12H11ClN2. The fourth-order valence-electron chi connectivity index (χ4n) is 1.47. The van der Waals surface area contributed by atoms with Crippen LogP contribution in [0.15, 0.2) is 48.8 Å². The van der Waals surface area contributed by atoms with Crippen molar-refractivity contribution in [3.05, 3.63) is 64.9 Å². The quantitative estimate of drug-likeness (QED) is 0.842. The van der Waals surface area contributed by atoms with E-state index in [4.69, 9.17) is 17.3 Å². The average Bonchev–Trinajstić information content (AvgIpc) is 2.30. The van der Waals surface area contributed by atoms with Crippen LogP contribution >= 0.6 is 11.6 Å². The maximum Gasteiger partial charge on any atom is 0.0581 e. The zero-order valence-electron chi connectivity index (χ0n) is 8.10. The lowest BCUT2D eigenvalue weighted by Gasteiger charge is -2.13. The molecule has 1 atom stereocenters. The van der Waals surface area contributed by atoms with Crippen molar-refractivity contribution in [2.24, 2.45) is 5.73 Å². The van der Waals surface area contributed by atoms with E-state index in [-0.39, 0.29) is 6.04 Å². The highest BCUT2D eigenvalue weighted by Gasteiger charge is 2.11. The molecule has 2 N–H and O–H groups in total. The Hall–Kier alpha value is -1.38. The molecular weight excluding hydrogens is 208 g/mol. The summed E-state index contributed by atoms with van der Waals surface area (Å²) in [4.78, 5) is 4.04. The third kappa shape index (κ3) is 2.17. The summed E-state index contributed by atoms with van der Waals surface area (Å²) >= 11 is 6.07. The van der Waals surface area contributed by atoms with Gasteiger partial charge in [0.15, 0.2) is 0 Å². The summed E-state index contributed by atoms with van der Waals surface area (Å²) in [5.41, 5.74) is 7.98. The normalized spacial score (nSPS) is 12.4. The lowest BCUT2D eigenvalue weighted by atomic mass is 10.0. The summed E-state index contributed by atoms with van der Waals surface area (Å²) < 4.78 is 0. The van der Waals surface area contributed by atoms with E-state index in [9.17, 15) is 0 Å². The molecule has 0 saturated carbocycles. The second-order valence-corrected chi connectivity index (χ2v) is 3.69. The summed E-state index contributed by atoms with van der Waals surface area (Å²) in [5, 5.41) is 0.689. The average molecular weight is 219 g/mol. The van der Waals surface area contributed by atoms with Gasteiger partial charge in [0.05, 0.1) is 6.04 Å². The van der Waals surface area contributed by atoms with Gasteiger partial charge in [0.1, 0.15) is 0 Å². The maximum absolute atomic E-state index is 6.09. The largest absolute Gasteiger partial charge is 0.320 e. The van der Waals surface area contributed by atoms with Crippen molar-refractivity contribution in [1.29, 1.82) is 0 Å². The van der Waals surface area contributed by atoms with Gasteiger partial charge < -0.3 is 5.73 Å². The third-order valence-electron chi connectivity index (χ3n) is 2.28. The molecule has 0 unspecified atom stereocenters. The summed E-state index contributed by atoms with van der Waals surface area (Å²) in [6, 6.07) is 11.2. The number of benzene rings is 1. The molecule has 1 aromatic carbocycles. The molecule has 3 heteroatoms. The first-order valence-electron chi connectivity index (χ1n) is 4.69. The van der Waals surface area contributed by atoms with Crippen LogP contribution in [0.25, 0.3) is 0 Å². The second-order valence-electron chi connectivity index (χ2n) is 3.29. The molecule has 76 valence electrons. The Kier molecular flexibility index (Phi) is 2.99. The number of pyridine rings is 1. The number of halogens is 1. The number of rotatable bonds is 2. The Morgan fingerprint density at radius 1 is 1.13 bits per heavy atom. The standard InChI is InChI=1S/C12H11ClN2/c13-11-6-2-1-5-10(11)12(14)9-4-3-7-15-8-9/h1-8,12H,14H2/t12-/m0/s1. The van der Waals surface area contributed by atoms with E-state index >= 15 is 0 Å². The SMILES string of the molecule is N[C@@H](c1cccnc1)c1ccccc1Cl. The van der Waals surface area contributed by atoms with Gasteiger partial charge in [0, 0.05) is 17.4 Å². The van der Waals surface area contributed by atoms with Gasteiger partial charge in [-0.3, -0.25) is 4.98 Å². The van der Waals surface area contributed by atoms with Crippen LogP contribution in [0.5, 0.6) is 0 Å². The predicted octanol–water partition coefficient (Wildman–Crippen LogP) is 2.78. The van der Waals surface area contributed by atoms with Crippen LogP contribution in [0.3, 0.4) is 0 Å². The van der Waals surface area contributed by atoms with E-state index in [0.717, 1.165) is 11.1 Å². The first kappa shape index (κ1) is 10.1. The third-order valence-corrected chi connectivity index (χ3v) is 2.63. The van der Waals surface area contributed by atoms with Gasteiger partial charge in [0.2, 0.25) is 0 Å². The Balaban J connectivity index is 2.37. The van der Waals surface area contributed by atoms with Gasteiger partial charge in [0.25, 0.3) is 0 Å². The second kappa shape index (κ2) is 4.43. The van der Waals surface area contributed by atoms with Gasteiger partial charge in [-0.15, -0.1) is 0 Å². The zero-order chi connectivity index (χ0) is 10.7. The predicted molar refractivity (Wildman–Crippen MR) is 61.7 cm³/mol. The van der Waals surface area contributed by atoms with Crippen molar-refractivity contribution in [2.75, 3.05) is 0 Å². The van der Waals surface area contributed by atoms with Gasteiger partial charge in [-0.1, -0.05) is 35.9 Å². The minimum atomic E-state index is -0.215. The minimum Gasteiger partial charge on any atom is -0.320 e. The molecule has 0 aliphatic heterocycles. The van der Waals surface area contributed by atoms with Crippen LogP contribution in [-0.2, 0) is 0 Å². The molecule has 1 aromatic heterocycles. The van der Waals surface area contributed by atoms with E-state index < -0.39 is 0 Å². The van der Waals surface area contributed by atoms with Crippen LogP contribution in [0, 0.1) is 0 Å². The number of nitrogens with two attached hydrogens (primary N) is 1. The van der Waals surface area contributed by atoms with Crippen LogP contribution in [-0.4, -0.2) is 4.98 Å². The van der Waals surface area contributed by atoms with Gasteiger partial charge in [-0.25, -0.2) is 0 Å². The lowest BCUT2D eigenvalue weighted by molar-refractivity contribution is 0.863. The molecule has 2 rings (SSSR count). The Morgan fingerprint density at radius 3 is 2.60 bits per heavy atom. The fraction of sp³-hybridized carbons (Fsp3) is 0.0833. The summed E-state index contributed by atoms with van der Waals surface area (Å²) in [7, 11) is 0. The minimum absolute atomic E-state index is 0.215.